The van der Waals surface area contributed by atoms with E-state index in [2.05, 4.69) is 0 Å². The lowest BCUT2D eigenvalue weighted by Gasteiger charge is -2.47. The number of piperidine rings is 1. The van der Waals surface area contributed by atoms with Crippen molar-refractivity contribution in [2.75, 3.05) is 13.2 Å². The van der Waals surface area contributed by atoms with E-state index >= 15 is 0 Å². The van der Waals surface area contributed by atoms with Crippen LogP contribution in [0.15, 0.2) is 18.2 Å². The van der Waals surface area contributed by atoms with Gasteiger partial charge in [0.25, 0.3) is 0 Å². The molecule has 2 aliphatic heterocycles. The molecule has 2 saturated heterocycles. The Hall–Kier alpha value is -2.02. The van der Waals surface area contributed by atoms with Crippen LogP contribution in [0.1, 0.15) is 44.0 Å². The van der Waals surface area contributed by atoms with Gasteiger partial charge in [0.2, 0.25) is 0 Å². The molecule has 1 aromatic carbocycles. The van der Waals surface area contributed by atoms with E-state index < -0.39 is 35.0 Å². The normalized spacial score (nSPS) is 25.7. The number of Topliss-reactive ketones (excluding diaryl/α,β-unsaturated/α-hetero) is 1. The third-order valence-corrected chi connectivity index (χ3v) is 4.69. The van der Waals surface area contributed by atoms with Gasteiger partial charge >= 0.3 is 6.09 Å². The second-order valence-corrected chi connectivity index (χ2v) is 7.89. The smallest absolute Gasteiger partial charge is 0.410 e. The van der Waals surface area contributed by atoms with Crippen LogP contribution < -0.4 is 0 Å². The Balaban J connectivity index is 1.78. The van der Waals surface area contributed by atoms with E-state index in [4.69, 9.17) is 9.47 Å². The molecule has 2 aliphatic rings. The first-order valence-electron chi connectivity index (χ1n) is 8.74. The summed E-state index contributed by atoms with van der Waals surface area (Å²) in [7, 11) is 0. The molecule has 2 unspecified atom stereocenters. The van der Waals surface area contributed by atoms with E-state index in [1.165, 1.54) is 0 Å². The van der Waals surface area contributed by atoms with Crippen LogP contribution in [0.5, 0.6) is 0 Å². The van der Waals surface area contributed by atoms with Gasteiger partial charge in [0.15, 0.2) is 5.78 Å². The molecule has 2 atom stereocenters. The number of ketones is 1. The molecule has 2 heterocycles. The maximum atomic E-state index is 14.0. The lowest BCUT2D eigenvalue weighted by molar-refractivity contribution is -0.0861. The van der Waals surface area contributed by atoms with Gasteiger partial charge in [-0.3, -0.25) is 9.69 Å². The fourth-order valence-electron chi connectivity index (χ4n) is 3.65. The van der Waals surface area contributed by atoms with Gasteiger partial charge in [0, 0.05) is 5.92 Å². The highest BCUT2D eigenvalue weighted by atomic mass is 19.1. The maximum Gasteiger partial charge on any atom is 0.410 e. The third kappa shape index (κ3) is 3.87. The van der Waals surface area contributed by atoms with Crippen molar-refractivity contribution in [1.29, 1.82) is 0 Å². The minimum absolute atomic E-state index is 0.236. The number of hydrogen-bond donors (Lipinski definition) is 0. The van der Waals surface area contributed by atoms with E-state index in [1.54, 1.807) is 25.7 Å². The summed E-state index contributed by atoms with van der Waals surface area (Å²) in [4.78, 5) is 26.9. The number of rotatable bonds is 2. The number of amides is 1. The van der Waals surface area contributed by atoms with Crippen molar-refractivity contribution < 1.29 is 27.8 Å². The summed E-state index contributed by atoms with van der Waals surface area (Å²) in [6, 6.07) is 2.25. The minimum Gasteiger partial charge on any atom is -0.444 e. The molecule has 0 aromatic heterocycles. The lowest BCUT2D eigenvalue weighted by Crippen LogP contribution is -2.60. The van der Waals surface area contributed by atoms with Crippen molar-refractivity contribution in [3.8, 4) is 0 Å². The summed E-state index contributed by atoms with van der Waals surface area (Å²) >= 11 is 0. The molecule has 1 aromatic rings. The second kappa shape index (κ2) is 6.95. The van der Waals surface area contributed by atoms with Gasteiger partial charge in [-0.05, 0) is 51.8 Å². The van der Waals surface area contributed by atoms with Crippen LogP contribution in [0.2, 0.25) is 0 Å². The van der Waals surface area contributed by atoms with E-state index in [1.807, 2.05) is 0 Å². The summed E-state index contributed by atoms with van der Waals surface area (Å²) < 4.78 is 38.4. The number of nitrogens with zero attached hydrogens (tertiary/aromatic N) is 1. The van der Waals surface area contributed by atoms with Crippen molar-refractivity contribution in [2.24, 2.45) is 5.92 Å². The molecule has 0 radical (unpaired) electrons. The first-order chi connectivity index (χ1) is 12.2. The zero-order chi connectivity index (χ0) is 19.1. The maximum absolute atomic E-state index is 14.0. The third-order valence-electron chi connectivity index (χ3n) is 4.69. The number of carbonyl (C=O) groups is 2. The zero-order valence-corrected chi connectivity index (χ0v) is 15.1. The SMILES string of the molecule is CC(C)(C)OC(=O)N1C2COCC1CC(C(=O)c1cc(F)ccc1F)C2. The van der Waals surface area contributed by atoms with Gasteiger partial charge in [0.1, 0.15) is 17.2 Å². The van der Waals surface area contributed by atoms with Crippen LogP contribution >= 0.6 is 0 Å². The molecule has 1 amide bonds. The van der Waals surface area contributed by atoms with E-state index in [9.17, 15) is 18.4 Å². The molecule has 2 bridgehead atoms. The first-order valence-corrected chi connectivity index (χ1v) is 8.74. The van der Waals surface area contributed by atoms with Gasteiger partial charge < -0.3 is 9.47 Å². The number of morpholine rings is 1. The zero-order valence-electron chi connectivity index (χ0n) is 15.1. The fraction of sp³-hybridized carbons (Fsp3) is 0.579. The monoisotopic (exact) mass is 367 g/mol. The Labute approximate surface area is 151 Å². The topological polar surface area (TPSA) is 55.8 Å². The average molecular weight is 367 g/mol. The predicted molar refractivity (Wildman–Crippen MR) is 89.9 cm³/mol. The van der Waals surface area contributed by atoms with Crippen molar-refractivity contribution in [2.45, 2.75) is 51.3 Å². The van der Waals surface area contributed by atoms with Crippen LogP contribution in [0.4, 0.5) is 13.6 Å². The highest BCUT2D eigenvalue weighted by Crippen LogP contribution is 2.35. The first kappa shape index (κ1) is 18.8. The van der Waals surface area contributed by atoms with Crippen LogP contribution in [-0.2, 0) is 9.47 Å². The van der Waals surface area contributed by atoms with Crippen molar-refractivity contribution in [3.05, 3.63) is 35.4 Å². The number of ether oxygens (including phenoxy) is 2. The molecule has 0 N–H and O–H groups in total. The van der Waals surface area contributed by atoms with Crippen LogP contribution in [0.3, 0.4) is 0 Å². The van der Waals surface area contributed by atoms with Crippen molar-refractivity contribution in [3.63, 3.8) is 0 Å². The molecule has 0 aliphatic carbocycles. The second-order valence-electron chi connectivity index (χ2n) is 7.89. The average Bonchev–Trinajstić information content (AvgIpc) is 2.53. The summed E-state index contributed by atoms with van der Waals surface area (Å²) in [6.07, 6.45) is 0.244. The number of halogens is 2. The molecule has 3 rings (SSSR count). The predicted octanol–water partition coefficient (Wildman–Crippen LogP) is 3.56. The lowest BCUT2D eigenvalue weighted by atomic mass is 9.80. The molecule has 7 heteroatoms. The Morgan fingerprint density at radius 1 is 1.15 bits per heavy atom. The van der Waals surface area contributed by atoms with Gasteiger partial charge in [-0.1, -0.05) is 0 Å². The van der Waals surface area contributed by atoms with Crippen molar-refractivity contribution in [1.82, 2.24) is 4.90 Å². The Bertz CT molecular complexity index is 702. The summed E-state index contributed by atoms with van der Waals surface area (Å²) in [5, 5.41) is 0. The quantitative estimate of drug-likeness (QED) is 0.750. The summed E-state index contributed by atoms with van der Waals surface area (Å²) in [6.45, 7) is 5.97. The highest BCUT2D eigenvalue weighted by Gasteiger charge is 2.45. The minimum atomic E-state index is -0.729. The standard InChI is InChI=1S/C19H23F2NO4/c1-19(2,3)26-18(24)22-13-6-11(7-14(22)10-25-9-13)17(23)15-8-12(20)4-5-16(15)21/h4-5,8,11,13-14H,6-7,9-10H2,1-3H3. The highest BCUT2D eigenvalue weighted by molar-refractivity contribution is 5.98. The van der Waals surface area contributed by atoms with Gasteiger partial charge in [-0.25, -0.2) is 13.6 Å². The van der Waals surface area contributed by atoms with Crippen LogP contribution in [-0.4, -0.2) is 47.7 Å². The van der Waals surface area contributed by atoms with Gasteiger partial charge in [-0.15, -0.1) is 0 Å². The summed E-state index contributed by atoms with van der Waals surface area (Å²) in [5.41, 5.74) is -0.858. The molecule has 142 valence electrons. The fourth-order valence-corrected chi connectivity index (χ4v) is 3.65. The molecule has 0 saturated carbocycles. The molecule has 5 nitrogen and oxygen atoms in total. The van der Waals surface area contributed by atoms with Gasteiger partial charge in [0.05, 0.1) is 30.9 Å². The van der Waals surface area contributed by atoms with E-state index in [0.717, 1.165) is 18.2 Å². The Kier molecular flexibility index (Phi) is 5.01. The van der Waals surface area contributed by atoms with Crippen LogP contribution in [0.25, 0.3) is 0 Å². The van der Waals surface area contributed by atoms with Crippen LogP contribution in [0, 0.1) is 17.6 Å². The van der Waals surface area contributed by atoms with E-state index in [0.29, 0.717) is 26.1 Å². The molecular weight excluding hydrogens is 344 g/mol. The number of fused-ring (bicyclic) bond motifs is 2. The molecular formula is C19H23F2NO4. The summed E-state index contributed by atoms with van der Waals surface area (Å²) in [5.74, 6) is -2.29. The molecule has 0 spiro atoms. The Morgan fingerprint density at radius 2 is 1.77 bits per heavy atom. The van der Waals surface area contributed by atoms with Crippen molar-refractivity contribution >= 4 is 11.9 Å². The Morgan fingerprint density at radius 3 is 2.35 bits per heavy atom. The number of benzene rings is 1. The molecule has 2 fully saturated rings. The number of hydrogen-bond acceptors (Lipinski definition) is 4. The number of carbonyl (C=O) groups excluding carboxylic acids is 2. The molecule has 26 heavy (non-hydrogen) atoms. The van der Waals surface area contributed by atoms with Gasteiger partial charge in [-0.2, -0.15) is 0 Å². The largest absolute Gasteiger partial charge is 0.444 e. The van der Waals surface area contributed by atoms with E-state index in [-0.39, 0.29) is 17.6 Å².